The molecule has 3 rings (SSSR count). The lowest BCUT2D eigenvalue weighted by atomic mass is 10.1. The Morgan fingerprint density at radius 1 is 1.38 bits per heavy atom. The average molecular weight is 301 g/mol. The first-order valence-corrected chi connectivity index (χ1v) is 7.45. The fraction of sp³-hybridized carbons (Fsp3) is 0.400. The highest BCUT2D eigenvalue weighted by atomic mass is 32.1. The summed E-state index contributed by atoms with van der Waals surface area (Å²) in [5.74, 6) is 1.04. The van der Waals surface area contributed by atoms with Crippen LogP contribution in [0.4, 0.5) is 5.82 Å². The quantitative estimate of drug-likeness (QED) is 0.880. The molecular formula is C15H19N5S. The monoisotopic (exact) mass is 301 g/mol. The molecule has 0 amide bonds. The van der Waals surface area contributed by atoms with E-state index in [1.165, 1.54) is 16.8 Å². The largest absolute Gasteiger partial charge is 0.362 e. The lowest BCUT2D eigenvalue weighted by Gasteiger charge is -2.29. The number of rotatable bonds is 3. The molecule has 110 valence electrons. The van der Waals surface area contributed by atoms with Gasteiger partial charge in [-0.05, 0) is 18.3 Å². The van der Waals surface area contributed by atoms with Gasteiger partial charge in [0.25, 0.3) is 0 Å². The van der Waals surface area contributed by atoms with Crippen molar-refractivity contribution >= 4 is 18.0 Å². The summed E-state index contributed by atoms with van der Waals surface area (Å²) < 4.78 is 0.573. The van der Waals surface area contributed by atoms with Crippen molar-refractivity contribution in [1.29, 1.82) is 0 Å². The molecule has 0 atom stereocenters. The van der Waals surface area contributed by atoms with Crippen molar-refractivity contribution in [2.45, 2.75) is 19.5 Å². The molecule has 2 aromatic rings. The highest BCUT2D eigenvalue weighted by Crippen LogP contribution is 2.21. The molecule has 0 radical (unpaired) electrons. The number of hydrogen-bond donors (Lipinski definition) is 1. The topological polar surface area (TPSA) is 48.1 Å². The third-order valence-corrected chi connectivity index (χ3v) is 3.95. The molecule has 3 heterocycles. The van der Waals surface area contributed by atoms with Gasteiger partial charge in [-0.3, -0.25) is 4.90 Å². The van der Waals surface area contributed by atoms with E-state index in [1.54, 1.807) is 0 Å². The molecule has 21 heavy (non-hydrogen) atoms. The first-order valence-electron chi connectivity index (χ1n) is 7.04. The molecule has 0 spiro atoms. The first kappa shape index (κ1) is 14.2. The van der Waals surface area contributed by atoms with Crippen LogP contribution in [0, 0.1) is 4.77 Å². The van der Waals surface area contributed by atoms with Gasteiger partial charge in [0.1, 0.15) is 5.82 Å². The molecule has 0 aliphatic carbocycles. The van der Waals surface area contributed by atoms with Crippen LogP contribution >= 0.6 is 12.2 Å². The lowest BCUT2D eigenvalue weighted by Crippen LogP contribution is -2.31. The van der Waals surface area contributed by atoms with Crippen LogP contribution in [0.15, 0.2) is 24.5 Å². The standard InChI is InChI=1S/C15H19N5S/c1-19(2)14-11(4-3-6-16-14)9-20-7-5-13-12(10-20)8-17-15(21)18-13/h3-4,6,8H,5,7,9-10H2,1-2H3,(H,17,18,21). The summed E-state index contributed by atoms with van der Waals surface area (Å²) in [5.41, 5.74) is 3.72. The van der Waals surface area contributed by atoms with E-state index in [-0.39, 0.29) is 0 Å². The van der Waals surface area contributed by atoms with E-state index in [0.29, 0.717) is 4.77 Å². The van der Waals surface area contributed by atoms with Crippen LogP contribution in [0.2, 0.25) is 0 Å². The number of aromatic nitrogens is 3. The van der Waals surface area contributed by atoms with E-state index in [1.807, 2.05) is 32.6 Å². The number of fused-ring (bicyclic) bond motifs is 1. The summed E-state index contributed by atoms with van der Waals surface area (Å²) in [6.07, 6.45) is 4.73. The summed E-state index contributed by atoms with van der Waals surface area (Å²) in [7, 11) is 4.06. The minimum Gasteiger partial charge on any atom is -0.362 e. The van der Waals surface area contributed by atoms with Crippen molar-refractivity contribution in [1.82, 2.24) is 19.9 Å². The third kappa shape index (κ3) is 3.11. The van der Waals surface area contributed by atoms with Gasteiger partial charge in [0, 0.05) is 69.4 Å². The van der Waals surface area contributed by atoms with Crippen molar-refractivity contribution in [2.75, 3.05) is 25.5 Å². The van der Waals surface area contributed by atoms with Crippen LogP contribution in [0.25, 0.3) is 0 Å². The molecule has 0 aromatic carbocycles. The molecule has 6 heteroatoms. The summed E-state index contributed by atoms with van der Waals surface area (Å²) >= 11 is 5.08. The van der Waals surface area contributed by atoms with E-state index in [2.05, 4.69) is 30.8 Å². The Balaban J connectivity index is 1.79. The van der Waals surface area contributed by atoms with Gasteiger partial charge < -0.3 is 9.88 Å². The molecule has 0 unspecified atom stereocenters. The van der Waals surface area contributed by atoms with Gasteiger partial charge in [0.15, 0.2) is 4.77 Å². The van der Waals surface area contributed by atoms with Crippen LogP contribution in [0.5, 0.6) is 0 Å². The van der Waals surface area contributed by atoms with Crippen molar-refractivity contribution in [3.8, 4) is 0 Å². The number of pyridine rings is 1. The Hall–Kier alpha value is -1.79. The van der Waals surface area contributed by atoms with Crippen molar-refractivity contribution in [2.24, 2.45) is 0 Å². The number of anilines is 1. The summed E-state index contributed by atoms with van der Waals surface area (Å²) in [5, 5.41) is 0. The maximum absolute atomic E-state index is 5.08. The summed E-state index contributed by atoms with van der Waals surface area (Å²) in [6, 6.07) is 4.15. The lowest BCUT2D eigenvalue weighted by molar-refractivity contribution is 0.242. The second kappa shape index (κ2) is 5.91. The van der Waals surface area contributed by atoms with E-state index < -0.39 is 0 Å². The predicted molar refractivity (Wildman–Crippen MR) is 85.8 cm³/mol. The number of aromatic amines is 1. The smallest absolute Gasteiger partial charge is 0.196 e. The molecule has 2 aromatic heterocycles. The second-order valence-corrected chi connectivity index (χ2v) is 5.92. The zero-order chi connectivity index (χ0) is 14.8. The minimum atomic E-state index is 0.573. The number of hydrogen-bond acceptors (Lipinski definition) is 5. The van der Waals surface area contributed by atoms with E-state index in [0.717, 1.165) is 31.9 Å². The molecule has 0 bridgehead atoms. The molecule has 0 saturated heterocycles. The van der Waals surface area contributed by atoms with E-state index >= 15 is 0 Å². The van der Waals surface area contributed by atoms with Crippen molar-refractivity contribution in [3.05, 3.63) is 46.1 Å². The van der Waals surface area contributed by atoms with Gasteiger partial charge in [0.05, 0.1) is 0 Å². The van der Waals surface area contributed by atoms with Crippen LogP contribution in [-0.4, -0.2) is 40.5 Å². The van der Waals surface area contributed by atoms with Gasteiger partial charge in [-0.15, -0.1) is 0 Å². The molecule has 5 nitrogen and oxygen atoms in total. The number of nitrogens with one attached hydrogen (secondary N) is 1. The zero-order valence-corrected chi connectivity index (χ0v) is 13.2. The second-order valence-electron chi connectivity index (χ2n) is 5.53. The highest BCUT2D eigenvalue weighted by Gasteiger charge is 2.18. The van der Waals surface area contributed by atoms with Crippen LogP contribution < -0.4 is 4.90 Å². The van der Waals surface area contributed by atoms with Crippen LogP contribution in [-0.2, 0) is 19.5 Å². The Morgan fingerprint density at radius 2 is 2.24 bits per heavy atom. The normalized spacial score (nSPS) is 14.8. The Bertz CT molecular complexity index is 694. The summed E-state index contributed by atoms with van der Waals surface area (Å²) in [4.78, 5) is 16.3. The molecular weight excluding hydrogens is 282 g/mol. The highest BCUT2D eigenvalue weighted by molar-refractivity contribution is 7.71. The fourth-order valence-electron chi connectivity index (χ4n) is 2.74. The Morgan fingerprint density at radius 3 is 3.05 bits per heavy atom. The van der Waals surface area contributed by atoms with Gasteiger partial charge in [-0.25, -0.2) is 9.97 Å². The number of nitrogens with zero attached hydrogens (tertiary/aromatic N) is 4. The first-order chi connectivity index (χ1) is 10.1. The number of H-pyrrole nitrogens is 1. The Kier molecular flexibility index (Phi) is 3.98. The zero-order valence-electron chi connectivity index (χ0n) is 12.3. The van der Waals surface area contributed by atoms with Gasteiger partial charge >= 0.3 is 0 Å². The maximum Gasteiger partial charge on any atom is 0.196 e. The summed E-state index contributed by atoms with van der Waals surface area (Å²) in [6.45, 7) is 2.82. The third-order valence-electron chi connectivity index (χ3n) is 3.74. The Labute approximate surface area is 129 Å². The molecule has 0 saturated carbocycles. The van der Waals surface area contributed by atoms with Gasteiger partial charge in [-0.2, -0.15) is 0 Å². The molecule has 1 aliphatic rings. The predicted octanol–water partition coefficient (Wildman–Crippen LogP) is 2.16. The van der Waals surface area contributed by atoms with Gasteiger partial charge in [-0.1, -0.05) is 6.07 Å². The molecule has 1 N–H and O–H groups in total. The van der Waals surface area contributed by atoms with E-state index in [9.17, 15) is 0 Å². The average Bonchev–Trinajstić information content (AvgIpc) is 2.48. The molecule has 0 fully saturated rings. The minimum absolute atomic E-state index is 0.573. The van der Waals surface area contributed by atoms with Crippen LogP contribution in [0.3, 0.4) is 0 Å². The van der Waals surface area contributed by atoms with Gasteiger partial charge in [0.2, 0.25) is 0 Å². The van der Waals surface area contributed by atoms with E-state index in [4.69, 9.17) is 12.2 Å². The molecule has 1 aliphatic heterocycles. The SMILES string of the molecule is CN(C)c1ncccc1CN1CCc2[nH]c(=S)ncc2C1. The maximum atomic E-state index is 5.08. The fourth-order valence-corrected chi connectivity index (χ4v) is 2.91. The van der Waals surface area contributed by atoms with Crippen LogP contribution in [0.1, 0.15) is 16.8 Å². The van der Waals surface area contributed by atoms with Crippen molar-refractivity contribution < 1.29 is 0 Å². The van der Waals surface area contributed by atoms with Crippen molar-refractivity contribution in [3.63, 3.8) is 0 Å².